The molecule has 0 aromatic heterocycles. The maximum atomic E-state index is 5.95. The average Bonchev–Trinajstić information content (AvgIpc) is 2.30. The van der Waals surface area contributed by atoms with Crippen LogP contribution in [0.2, 0.25) is 0 Å². The van der Waals surface area contributed by atoms with Crippen molar-refractivity contribution in [2.75, 3.05) is 6.61 Å². The molecule has 1 fully saturated rings. The fraction of sp³-hybridized carbons (Fsp3) is 0.846. The van der Waals surface area contributed by atoms with E-state index in [0.717, 1.165) is 32.3 Å². The monoisotopic (exact) mass is 237 g/mol. The van der Waals surface area contributed by atoms with E-state index in [-0.39, 0.29) is 0 Å². The lowest BCUT2D eigenvalue weighted by molar-refractivity contribution is 0.0322. The maximum absolute atomic E-state index is 5.95. The van der Waals surface area contributed by atoms with Crippen LogP contribution in [0.25, 0.3) is 0 Å². The molecule has 0 spiro atoms. The summed E-state index contributed by atoms with van der Waals surface area (Å²) in [6.45, 7) is 3.03. The van der Waals surface area contributed by atoms with E-state index in [1.807, 2.05) is 6.21 Å². The quantitative estimate of drug-likeness (QED) is 0.819. The van der Waals surface area contributed by atoms with Crippen LogP contribution >= 0.6 is 0 Å². The highest BCUT2D eigenvalue weighted by molar-refractivity contribution is 5.88. The Bertz CT molecular complexity index is 301. The third-order valence-corrected chi connectivity index (χ3v) is 3.75. The zero-order chi connectivity index (χ0) is 12.1. The number of rotatable bonds is 3. The summed E-state index contributed by atoms with van der Waals surface area (Å²) in [6.07, 6.45) is 9.22. The van der Waals surface area contributed by atoms with Gasteiger partial charge in [-0.05, 0) is 32.1 Å². The molecule has 17 heavy (non-hydrogen) atoms. The minimum absolute atomic E-state index is 0.389. The Morgan fingerprint density at radius 3 is 3.06 bits per heavy atom. The molecule has 4 heteroatoms. The van der Waals surface area contributed by atoms with E-state index >= 15 is 0 Å². The van der Waals surface area contributed by atoms with E-state index in [0.29, 0.717) is 23.8 Å². The number of ether oxygens (including phenoxy) is 1. The highest BCUT2D eigenvalue weighted by Crippen LogP contribution is 2.30. The number of hydrogen-bond acceptors (Lipinski definition) is 4. The molecule has 0 aromatic rings. The number of hydrogen-bond donors (Lipinski definition) is 1. The van der Waals surface area contributed by atoms with Crippen LogP contribution in [-0.2, 0) is 4.74 Å². The third-order valence-electron chi connectivity index (χ3n) is 3.75. The average molecular weight is 237 g/mol. The lowest BCUT2D eigenvalue weighted by atomic mass is 9.80. The number of nitrogens with zero attached hydrogens (tertiary/aromatic N) is 2. The van der Waals surface area contributed by atoms with Gasteiger partial charge in [-0.15, -0.1) is 5.10 Å². The molecule has 96 valence electrons. The van der Waals surface area contributed by atoms with E-state index in [9.17, 15) is 0 Å². The van der Waals surface area contributed by atoms with Crippen molar-refractivity contribution >= 4 is 12.1 Å². The minimum atomic E-state index is 0.389. The standard InChI is InChI=1S/C13H23N3O/c1-2-8-17-11-5-3-4-10-9-15-16-13(14)12(10)7-6-11/h9-12H,2-8H2,1H3,(H2,14,16). The van der Waals surface area contributed by atoms with Crippen LogP contribution < -0.4 is 5.73 Å². The van der Waals surface area contributed by atoms with Gasteiger partial charge in [-0.25, -0.2) is 0 Å². The lowest BCUT2D eigenvalue weighted by Crippen LogP contribution is -2.35. The Balaban J connectivity index is 1.91. The van der Waals surface area contributed by atoms with Crippen molar-refractivity contribution in [2.45, 2.75) is 51.6 Å². The van der Waals surface area contributed by atoms with Gasteiger partial charge in [-0.3, -0.25) is 0 Å². The summed E-state index contributed by atoms with van der Waals surface area (Å²) in [4.78, 5) is 0. The summed E-state index contributed by atoms with van der Waals surface area (Å²) >= 11 is 0. The normalized spacial score (nSPS) is 33.5. The van der Waals surface area contributed by atoms with Crippen LogP contribution in [0.1, 0.15) is 45.4 Å². The molecule has 1 aliphatic carbocycles. The Labute approximate surface area is 103 Å². The van der Waals surface area contributed by atoms with Crippen LogP contribution in [0.5, 0.6) is 0 Å². The highest BCUT2D eigenvalue weighted by atomic mass is 16.5. The van der Waals surface area contributed by atoms with Crippen LogP contribution in [0.15, 0.2) is 10.2 Å². The predicted molar refractivity (Wildman–Crippen MR) is 70.2 cm³/mol. The van der Waals surface area contributed by atoms with Gasteiger partial charge in [-0.1, -0.05) is 13.3 Å². The molecule has 2 aliphatic rings. The molecule has 0 amide bonds. The van der Waals surface area contributed by atoms with E-state index in [2.05, 4.69) is 17.1 Å². The van der Waals surface area contributed by atoms with Crippen molar-refractivity contribution in [1.82, 2.24) is 0 Å². The van der Waals surface area contributed by atoms with Crippen molar-refractivity contribution in [2.24, 2.45) is 27.8 Å². The lowest BCUT2D eigenvalue weighted by Gasteiger charge is -2.30. The van der Waals surface area contributed by atoms with Crippen LogP contribution in [0.3, 0.4) is 0 Å². The van der Waals surface area contributed by atoms with Crippen LogP contribution in [0.4, 0.5) is 0 Å². The second-order valence-electron chi connectivity index (χ2n) is 5.06. The van der Waals surface area contributed by atoms with Crippen molar-refractivity contribution in [3.05, 3.63) is 0 Å². The second kappa shape index (κ2) is 6.15. The first kappa shape index (κ1) is 12.6. The molecule has 0 saturated heterocycles. The van der Waals surface area contributed by atoms with Gasteiger partial charge in [0.2, 0.25) is 0 Å². The molecule has 3 atom stereocenters. The summed E-state index contributed by atoms with van der Waals surface area (Å²) in [5.74, 6) is 1.61. The molecule has 0 aromatic carbocycles. The van der Waals surface area contributed by atoms with Gasteiger partial charge in [0.25, 0.3) is 0 Å². The Kier molecular flexibility index (Phi) is 4.54. The molecular weight excluding hydrogens is 214 g/mol. The van der Waals surface area contributed by atoms with Gasteiger partial charge in [0.1, 0.15) is 5.84 Å². The smallest absolute Gasteiger partial charge is 0.126 e. The SMILES string of the molecule is CCCOC1CCCC2C=NN=C(N)C2CC1. The van der Waals surface area contributed by atoms with Crippen LogP contribution in [-0.4, -0.2) is 24.8 Å². The third kappa shape index (κ3) is 3.28. The van der Waals surface area contributed by atoms with Gasteiger partial charge in [0.05, 0.1) is 6.10 Å². The van der Waals surface area contributed by atoms with Gasteiger partial charge >= 0.3 is 0 Å². The Morgan fingerprint density at radius 2 is 2.24 bits per heavy atom. The zero-order valence-corrected chi connectivity index (χ0v) is 10.6. The van der Waals surface area contributed by atoms with E-state index in [1.54, 1.807) is 0 Å². The molecule has 3 unspecified atom stereocenters. The number of fused-ring (bicyclic) bond motifs is 1. The van der Waals surface area contributed by atoms with E-state index < -0.39 is 0 Å². The van der Waals surface area contributed by atoms with Crippen molar-refractivity contribution in [3.63, 3.8) is 0 Å². The minimum Gasteiger partial charge on any atom is -0.385 e. The molecule has 0 radical (unpaired) electrons. The zero-order valence-electron chi connectivity index (χ0n) is 10.6. The summed E-state index contributed by atoms with van der Waals surface area (Å²) in [6, 6.07) is 0. The van der Waals surface area contributed by atoms with Gasteiger partial charge in [0.15, 0.2) is 0 Å². The molecule has 1 heterocycles. The van der Waals surface area contributed by atoms with Crippen LogP contribution in [0, 0.1) is 11.8 Å². The number of nitrogens with two attached hydrogens (primary N) is 1. The van der Waals surface area contributed by atoms with Crippen molar-refractivity contribution < 1.29 is 4.74 Å². The summed E-state index contributed by atoms with van der Waals surface area (Å²) in [5.41, 5.74) is 5.95. The summed E-state index contributed by atoms with van der Waals surface area (Å²) in [7, 11) is 0. The number of amidine groups is 1. The molecule has 1 aliphatic heterocycles. The fourth-order valence-corrected chi connectivity index (χ4v) is 2.76. The van der Waals surface area contributed by atoms with Crippen molar-refractivity contribution in [3.8, 4) is 0 Å². The fourth-order valence-electron chi connectivity index (χ4n) is 2.76. The van der Waals surface area contributed by atoms with E-state index in [1.165, 1.54) is 12.8 Å². The second-order valence-corrected chi connectivity index (χ2v) is 5.06. The predicted octanol–water partition coefficient (Wildman–Crippen LogP) is 2.33. The first-order chi connectivity index (χ1) is 8.31. The van der Waals surface area contributed by atoms with Gasteiger partial charge < -0.3 is 10.5 Å². The Hall–Kier alpha value is -0.900. The van der Waals surface area contributed by atoms with E-state index in [4.69, 9.17) is 10.5 Å². The molecule has 4 nitrogen and oxygen atoms in total. The first-order valence-electron chi connectivity index (χ1n) is 6.79. The molecule has 2 rings (SSSR count). The molecular formula is C13H23N3O. The van der Waals surface area contributed by atoms with Gasteiger partial charge in [0, 0.05) is 24.7 Å². The largest absolute Gasteiger partial charge is 0.385 e. The molecule has 0 bridgehead atoms. The summed E-state index contributed by atoms with van der Waals surface area (Å²) in [5, 5.41) is 7.99. The maximum Gasteiger partial charge on any atom is 0.126 e. The first-order valence-corrected chi connectivity index (χ1v) is 6.79. The Morgan fingerprint density at radius 1 is 1.35 bits per heavy atom. The van der Waals surface area contributed by atoms with Gasteiger partial charge in [-0.2, -0.15) is 5.10 Å². The molecule has 1 saturated carbocycles. The van der Waals surface area contributed by atoms with Crippen molar-refractivity contribution in [1.29, 1.82) is 0 Å². The topological polar surface area (TPSA) is 60.0 Å². The highest BCUT2D eigenvalue weighted by Gasteiger charge is 2.29. The summed E-state index contributed by atoms with van der Waals surface area (Å²) < 4.78 is 5.87. The molecule has 2 N–H and O–H groups in total.